The molecule has 10 nitrogen and oxygen atoms in total. The molecule has 1 aromatic carbocycles. The van der Waals surface area contributed by atoms with Crippen LogP contribution in [0.15, 0.2) is 10.6 Å². The molecule has 4 rings (SSSR count). The van der Waals surface area contributed by atoms with E-state index in [0.29, 0.717) is 41.0 Å². The van der Waals surface area contributed by atoms with Gasteiger partial charge in [0.25, 0.3) is 0 Å². The van der Waals surface area contributed by atoms with E-state index >= 15 is 0 Å². The van der Waals surface area contributed by atoms with Crippen molar-refractivity contribution in [1.29, 1.82) is 0 Å². The first-order valence-electron chi connectivity index (χ1n) is 12.5. The highest BCUT2D eigenvalue weighted by molar-refractivity contribution is 7.84. The Bertz CT molecular complexity index is 1110. The smallest absolute Gasteiger partial charge is 0.250 e. The molecule has 204 valence electrons. The molecule has 3 atom stereocenters. The van der Waals surface area contributed by atoms with Gasteiger partial charge in [0.05, 0.1) is 50.0 Å². The van der Waals surface area contributed by atoms with E-state index in [-0.39, 0.29) is 29.8 Å². The Balaban J connectivity index is 1.62. The minimum absolute atomic E-state index is 0.0417. The summed E-state index contributed by atoms with van der Waals surface area (Å²) in [7, 11) is 0.197. The minimum atomic E-state index is -1.37. The van der Waals surface area contributed by atoms with E-state index in [1.54, 1.807) is 20.1 Å². The number of nitrogens with zero attached hydrogens (tertiary/aromatic N) is 3. The zero-order valence-corrected chi connectivity index (χ0v) is 23.3. The van der Waals surface area contributed by atoms with Crippen molar-refractivity contribution in [3.05, 3.63) is 34.5 Å². The molecule has 0 saturated carbocycles. The third kappa shape index (κ3) is 7.47. The second-order valence-electron chi connectivity index (χ2n) is 9.56. The molecule has 0 radical (unpaired) electrons. The third-order valence-electron chi connectivity index (χ3n) is 6.82. The van der Waals surface area contributed by atoms with Crippen LogP contribution in [0.2, 0.25) is 0 Å². The monoisotopic (exact) mass is 552 g/mol. The summed E-state index contributed by atoms with van der Waals surface area (Å²) in [5.41, 5.74) is 2.27. The highest BCUT2D eigenvalue weighted by Crippen LogP contribution is 2.34. The summed E-state index contributed by atoms with van der Waals surface area (Å²) in [4.78, 5) is 7.42. The van der Waals surface area contributed by atoms with Crippen molar-refractivity contribution in [1.82, 2.24) is 20.4 Å². The van der Waals surface area contributed by atoms with Crippen LogP contribution in [0.4, 0.5) is 0 Å². The number of thiocarbonyl (C=S) groups is 1. The van der Waals surface area contributed by atoms with Gasteiger partial charge in [-0.3, -0.25) is 9.11 Å². The maximum atomic E-state index is 13.3. The average Bonchev–Trinajstić information content (AvgIpc) is 3.32. The standard InChI is InChI=1S/C25H36N4O6S2/c1-16-19-13-34-12-18(11-29-6-8-33-9-7-29)4-5-24(36)27-21(25-26-17(2)28-35-25)15-37(31)14-20(19)22(30)10-23(16)32-3/h10,18,21,30H,4-9,11-15H2,1-3H3,(H,27,36)/t18-,21-,37?/m0/s1. The van der Waals surface area contributed by atoms with Crippen molar-refractivity contribution < 1.29 is 28.0 Å². The summed E-state index contributed by atoms with van der Waals surface area (Å²) in [6, 6.07) is 1.08. The molecule has 37 heavy (non-hydrogen) atoms. The van der Waals surface area contributed by atoms with Crippen molar-refractivity contribution in [3.63, 3.8) is 0 Å². The number of aromatic nitrogens is 2. The van der Waals surface area contributed by atoms with Gasteiger partial charge in [-0.1, -0.05) is 17.4 Å². The van der Waals surface area contributed by atoms with Gasteiger partial charge in [0.2, 0.25) is 5.89 Å². The molecular weight excluding hydrogens is 516 g/mol. The first-order chi connectivity index (χ1) is 17.8. The number of aryl methyl sites for hydroxylation is 1. The fraction of sp³-hybridized carbons (Fsp3) is 0.640. The van der Waals surface area contributed by atoms with Crippen LogP contribution in [0.1, 0.15) is 47.3 Å². The first kappa shape index (κ1) is 27.9. The van der Waals surface area contributed by atoms with Crippen LogP contribution in [0, 0.1) is 19.8 Å². The number of phenolic OH excluding ortho intramolecular Hbond substituents is 1. The van der Waals surface area contributed by atoms with E-state index in [0.717, 1.165) is 50.4 Å². The van der Waals surface area contributed by atoms with Gasteiger partial charge in [-0.05, 0) is 43.7 Å². The molecule has 0 spiro atoms. The average molecular weight is 553 g/mol. The summed E-state index contributed by atoms with van der Waals surface area (Å²) in [5, 5.41) is 18.1. The Kier molecular flexibility index (Phi) is 9.88. The zero-order chi connectivity index (χ0) is 26.4. The molecular formula is C25H36N4O6S2. The Morgan fingerprint density at radius 2 is 2.05 bits per heavy atom. The lowest BCUT2D eigenvalue weighted by molar-refractivity contribution is 0.0143. The lowest BCUT2D eigenvalue weighted by Crippen LogP contribution is -2.40. The zero-order valence-electron chi connectivity index (χ0n) is 21.7. The van der Waals surface area contributed by atoms with E-state index in [9.17, 15) is 9.32 Å². The van der Waals surface area contributed by atoms with E-state index in [1.165, 1.54) is 0 Å². The molecule has 2 aromatic rings. The Labute approximate surface area is 225 Å². The quantitative estimate of drug-likeness (QED) is 0.545. The molecule has 0 bridgehead atoms. The van der Waals surface area contributed by atoms with Crippen molar-refractivity contribution in [3.8, 4) is 11.5 Å². The van der Waals surface area contributed by atoms with Crippen LogP contribution in [-0.4, -0.2) is 81.7 Å². The second kappa shape index (κ2) is 13.1. The highest BCUT2D eigenvalue weighted by Gasteiger charge is 2.26. The Morgan fingerprint density at radius 1 is 1.27 bits per heavy atom. The fourth-order valence-electron chi connectivity index (χ4n) is 4.76. The Morgan fingerprint density at radius 3 is 2.76 bits per heavy atom. The number of hydrogen-bond acceptors (Lipinski definition) is 10. The maximum absolute atomic E-state index is 13.3. The van der Waals surface area contributed by atoms with Crippen molar-refractivity contribution in [2.75, 3.05) is 52.3 Å². The summed E-state index contributed by atoms with van der Waals surface area (Å²) < 4.78 is 36.0. The fourth-order valence-corrected chi connectivity index (χ4v) is 6.38. The van der Waals surface area contributed by atoms with Crippen molar-refractivity contribution in [2.45, 2.75) is 45.1 Å². The molecule has 0 aliphatic carbocycles. The molecule has 12 heteroatoms. The van der Waals surface area contributed by atoms with Crippen LogP contribution in [0.5, 0.6) is 11.5 Å². The normalized spacial score (nSPS) is 24.6. The lowest BCUT2D eigenvalue weighted by Gasteiger charge is -2.31. The van der Waals surface area contributed by atoms with E-state index in [2.05, 4.69) is 20.4 Å². The van der Waals surface area contributed by atoms with Gasteiger partial charge in [0, 0.05) is 42.1 Å². The summed E-state index contributed by atoms with van der Waals surface area (Å²) in [6.07, 6.45) is 1.49. The number of fused-ring (bicyclic) bond motifs is 1. The number of methoxy groups -OCH3 is 1. The number of phenols is 1. The molecule has 2 aliphatic heterocycles. The van der Waals surface area contributed by atoms with Crippen LogP contribution in [-0.2, 0) is 32.6 Å². The number of hydrogen-bond donors (Lipinski definition) is 2. The first-order valence-corrected chi connectivity index (χ1v) is 14.4. The number of morpholine rings is 1. The molecule has 3 heterocycles. The van der Waals surface area contributed by atoms with E-state index in [1.807, 2.05) is 6.92 Å². The van der Waals surface area contributed by atoms with E-state index < -0.39 is 16.8 Å². The molecule has 1 saturated heterocycles. The molecule has 1 fully saturated rings. The van der Waals surface area contributed by atoms with Crippen LogP contribution >= 0.6 is 12.2 Å². The van der Waals surface area contributed by atoms with Gasteiger partial charge in [-0.25, -0.2) is 0 Å². The predicted molar refractivity (Wildman–Crippen MR) is 143 cm³/mol. The van der Waals surface area contributed by atoms with Gasteiger partial charge < -0.3 is 29.2 Å². The molecule has 1 unspecified atom stereocenters. The van der Waals surface area contributed by atoms with Crippen LogP contribution in [0.25, 0.3) is 0 Å². The topological polar surface area (TPSA) is 119 Å². The Hall–Kier alpha value is -2.12. The lowest BCUT2D eigenvalue weighted by atomic mass is 10.0. The van der Waals surface area contributed by atoms with Gasteiger partial charge in [-0.2, -0.15) is 4.98 Å². The molecule has 1 aromatic heterocycles. The molecule has 2 aliphatic rings. The third-order valence-corrected chi connectivity index (χ3v) is 8.46. The van der Waals surface area contributed by atoms with Gasteiger partial charge in [0.15, 0.2) is 5.82 Å². The van der Waals surface area contributed by atoms with Crippen LogP contribution < -0.4 is 10.1 Å². The molecule has 2 N–H and O–H groups in total. The molecule has 0 amide bonds. The maximum Gasteiger partial charge on any atom is 0.250 e. The van der Waals surface area contributed by atoms with Gasteiger partial charge >= 0.3 is 0 Å². The SMILES string of the molecule is COc1cc(O)c2c(c1C)COC[C@H](CN1CCOCC1)CCC(=S)N[C@H](c1nc(C)no1)CS(=O)C2. The number of benzene rings is 1. The number of aromatic hydroxyl groups is 1. The summed E-state index contributed by atoms with van der Waals surface area (Å²) in [5.74, 6) is 2.06. The van der Waals surface area contributed by atoms with Gasteiger partial charge in [-0.15, -0.1) is 0 Å². The second-order valence-corrected chi connectivity index (χ2v) is 11.6. The van der Waals surface area contributed by atoms with E-state index in [4.69, 9.17) is 31.0 Å². The summed E-state index contributed by atoms with van der Waals surface area (Å²) in [6.45, 7) is 8.66. The summed E-state index contributed by atoms with van der Waals surface area (Å²) >= 11 is 5.68. The van der Waals surface area contributed by atoms with Gasteiger partial charge in [0.1, 0.15) is 17.5 Å². The largest absolute Gasteiger partial charge is 0.507 e. The number of rotatable bonds is 4. The minimum Gasteiger partial charge on any atom is -0.507 e. The highest BCUT2D eigenvalue weighted by atomic mass is 32.2. The van der Waals surface area contributed by atoms with Crippen LogP contribution in [0.3, 0.4) is 0 Å². The number of nitrogens with one attached hydrogen (secondary N) is 1. The number of ether oxygens (including phenoxy) is 3. The predicted octanol–water partition coefficient (Wildman–Crippen LogP) is 2.57. The van der Waals surface area contributed by atoms with Crippen molar-refractivity contribution in [2.24, 2.45) is 5.92 Å². The van der Waals surface area contributed by atoms with Crippen molar-refractivity contribution >= 4 is 28.0 Å².